The minimum absolute atomic E-state index is 0.138. The second-order valence-corrected chi connectivity index (χ2v) is 3.62. The van der Waals surface area contributed by atoms with Crippen molar-refractivity contribution in [2.45, 2.75) is 6.42 Å². The van der Waals surface area contributed by atoms with Gasteiger partial charge in [-0.1, -0.05) is 0 Å². The molecule has 82 valence electrons. The number of aliphatic hydroxyl groups is 1. The van der Waals surface area contributed by atoms with E-state index in [-0.39, 0.29) is 12.5 Å². The molecule has 0 spiro atoms. The molecule has 1 amide bonds. The molecule has 1 atom stereocenters. The van der Waals surface area contributed by atoms with E-state index in [4.69, 9.17) is 10.8 Å². The number of likely N-dealkylation sites (tertiary alicyclic amines) is 1. The summed E-state index contributed by atoms with van der Waals surface area (Å²) < 4.78 is 0. The molecule has 0 saturated carbocycles. The Hall–Kier alpha value is -0.650. The Morgan fingerprint density at radius 3 is 2.93 bits per heavy atom. The van der Waals surface area contributed by atoms with E-state index in [0.717, 1.165) is 19.6 Å². The minimum atomic E-state index is 0.138. The fourth-order valence-corrected chi connectivity index (χ4v) is 1.65. The van der Waals surface area contributed by atoms with Gasteiger partial charge in [0.15, 0.2) is 0 Å². The summed E-state index contributed by atoms with van der Waals surface area (Å²) in [5, 5.41) is 11.6. The zero-order chi connectivity index (χ0) is 10.4. The van der Waals surface area contributed by atoms with Crippen molar-refractivity contribution in [1.82, 2.24) is 10.2 Å². The Balaban J connectivity index is 2.15. The van der Waals surface area contributed by atoms with Gasteiger partial charge in [0.05, 0.1) is 6.61 Å². The van der Waals surface area contributed by atoms with Crippen molar-refractivity contribution in [3.63, 3.8) is 0 Å². The Morgan fingerprint density at radius 2 is 2.36 bits per heavy atom. The number of nitrogens with zero attached hydrogens (tertiary/aromatic N) is 1. The molecule has 1 rings (SSSR count). The van der Waals surface area contributed by atoms with Crippen LogP contribution >= 0.6 is 0 Å². The second kappa shape index (κ2) is 5.95. The first-order valence-corrected chi connectivity index (χ1v) is 5.07. The number of rotatable bonds is 6. The Labute approximate surface area is 84.3 Å². The molecule has 0 aromatic carbocycles. The van der Waals surface area contributed by atoms with Crippen LogP contribution in [0.15, 0.2) is 0 Å². The van der Waals surface area contributed by atoms with Crippen LogP contribution in [0.1, 0.15) is 6.42 Å². The monoisotopic (exact) mass is 201 g/mol. The van der Waals surface area contributed by atoms with Gasteiger partial charge >= 0.3 is 0 Å². The smallest absolute Gasteiger partial charge is 0.223 e. The molecular formula is C9H19N3O2. The lowest BCUT2D eigenvalue weighted by Gasteiger charge is -2.16. The quantitative estimate of drug-likeness (QED) is 0.451. The third-order valence-corrected chi connectivity index (χ3v) is 2.47. The van der Waals surface area contributed by atoms with Gasteiger partial charge in [0.25, 0.3) is 0 Å². The van der Waals surface area contributed by atoms with Crippen molar-refractivity contribution in [3.05, 3.63) is 0 Å². The van der Waals surface area contributed by atoms with Crippen molar-refractivity contribution in [2.24, 2.45) is 11.7 Å². The van der Waals surface area contributed by atoms with E-state index >= 15 is 0 Å². The van der Waals surface area contributed by atoms with Crippen LogP contribution in [-0.2, 0) is 4.79 Å². The molecule has 0 bridgehead atoms. The first-order valence-electron chi connectivity index (χ1n) is 5.07. The molecule has 1 fully saturated rings. The van der Waals surface area contributed by atoms with Gasteiger partial charge in [-0.2, -0.15) is 0 Å². The summed E-state index contributed by atoms with van der Waals surface area (Å²) in [6.07, 6.45) is 0.594. The van der Waals surface area contributed by atoms with E-state index in [1.54, 1.807) is 0 Å². The maximum absolute atomic E-state index is 11.4. The van der Waals surface area contributed by atoms with Crippen molar-refractivity contribution in [3.8, 4) is 0 Å². The second-order valence-electron chi connectivity index (χ2n) is 3.62. The summed E-state index contributed by atoms with van der Waals surface area (Å²) in [6, 6.07) is 0. The predicted octanol–water partition coefficient (Wildman–Crippen LogP) is -1.62. The van der Waals surface area contributed by atoms with Gasteiger partial charge in [-0.15, -0.1) is 0 Å². The highest BCUT2D eigenvalue weighted by molar-refractivity contribution is 5.78. The Morgan fingerprint density at radius 1 is 1.57 bits per heavy atom. The van der Waals surface area contributed by atoms with Crippen molar-refractivity contribution in [2.75, 3.05) is 39.3 Å². The maximum Gasteiger partial charge on any atom is 0.223 e. The molecule has 1 heterocycles. The standard InChI is InChI=1S/C9H19N3O2/c10-6-8-5-9(14)12(7-8)3-1-11-2-4-13/h8,11,13H,1-7,10H2. The van der Waals surface area contributed by atoms with Crippen molar-refractivity contribution >= 4 is 5.91 Å². The first-order chi connectivity index (χ1) is 6.77. The lowest BCUT2D eigenvalue weighted by atomic mass is 10.1. The molecule has 0 aromatic rings. The number of aliphatic hydroxyl groups excluding tert-OH is 1. The van der Waals surface area contributed by atoms with Gasteiger partial charge in [0.1, 0.15) is 0 Å². The fourth-order valence-electron chi connectivity index (χ4n) is 1.65. The van der Waals surface area contributed by atoms with Crippen molar-refractivity contribution in [1.29, 1.82) is 0 Å². The number of hydrogen-bond acceptors (Lipinski definition) is 4. The summed E-state index contributed by atoms with van der Waals surface area (Å²) in [5.41, 5.74) is 5.51. The van der Waals surface area contributed by atoms with Crippen molar-refractivity contribution < 1.29 is 9.90 Å². The third-order valence-electron chi connectivity index (χ3n) is 2.47. The van der Waals surface area contributed by atoms with Gasteiger partial charge < -0.3 is 21.1 Å². The number of hydrogen-bond donors (Lipinski definition) is 3. The third kappa shape index (κ3) is 3.25. The lowest BCUT2D eigenvalue weighted by molar-refractivity contribution is -0.127. The Bertz CT molecular complexity index is 187. The molecular weight excluding hydrogens is 182 g/mol. The summed E-state index contributed by atoms with van der Waals surface area (Å²) in [6.45, 7) is 3.56. The molecule has 1 aliphatic rings. The molecule has 0 radical (unpaired) electrons. The SMILES string of the molecule is NCC1CC(=O)N(CCNCCO)C1. The summed E-state index contributed by atoms with van der Waals surface area (Å²) in [5.74, 6) is 0.534. The number of carbonyl (C=O) groups is 1. The van der Waals surface area contributed by atoms with Crippen LogP contribution in [0.5, 0.6) is 0 Å². The maximum atomic E-state index is 11.4. The van der Waals surface area contributed by atoms with E-state index < -0.39 is 0 Å². The fraction of sp³-hybridized carbons (Fsp3) is 0.889. The highest BCUT2D eigenvalue weighted by Gasteiger charge is 2.27. The number of amides is 1. The highest BCUT2D eigenvalue weighted by Crippen LogP contribution is 2.15. The van der Waals surface area contributed by atoms with Gasteiger partial charge in [-0.3, -0.25) is 4.79 Å². The molecule has 0 aliphatic carbocycles. The zero-order valence-electron chi connectivity index (χ0n) is 8.41. The van der Waals surface area contributed by atoms with Gasteiger partial charge in [0, 0.05) is 32.6 Å². The van der Waals surface area contributed by atoms with Crippen LogP contribution in [0.2, 0.25) is 0 Å². The largest absolute Gasteiger partial charge is 0.395 e. The van der Waals surface area contributed by atoms with Gasteiger partial charge in [-0.25, -0.2) is 0 Å². The van der Waals surface area contributed by atoms with Gasteiger partial charge in [-0.05, 0) is 12.5 Å². The van der Waals surface area contributed by atoms with Crippen LogP contribution in [0.4, 0.5) is 0 Å². The van der Waals surface area contributed by atoms with E-state index in [2.05, 4.69) is 5.32 Å². The molecule has 5 heteroatoms. The molecule has 1 aliphatic heterocycles. The zero-order valence-corrected chi connectivity index (χ0v) is 8.41. The van der Waals surface area contributed by atoms with Crippen LogP contribution in [0.3, 0.4) is 0 Å². The number of carbonyl (C=O) groups excluding carboxylic acids is 1. The van der Waals surface area contributed by atoms with Crippen LogP contribution < -0.4 is 11.1 Å². The van der Waals surface area contributed by atoms with E-state index in [0.29, 0.717) is 25.4 Å². The van der Waals surface area contributed by atoms with Crippen LogP contribution in [-0.4, -0.2) is 55.2 Å². The average molecular weight is 201 g/mol. The topological polar surface area (TPSA) is 78.6 Å². The van der Waals surface area contributed by atoms with E-state index in [9.17, 15) is 4.79 Å². The molecule has 4 N–H and O–H groups in total. The van der Waals surface area contributed by atoms with Crippen LogP contribution in [0.25, 0.3) is 0 Å². The number of nitrogens with one attached hydrogen (secondary N) is 1. The van der Waals surface area contributed by atoms with E-state index in [1.807, 2.05) is 4.90 Å². The molecule has 5 nitrogen and oxygen atoms in total. The number of nitrogens with two attached hydrogens (primary N) is 1. The molecule has 1 saturated heterocycles. The minimum Gasteiger partial charge on any atom is -0.395 e. The highest BCUT2D eigenvalue weighted by atomic mass is 16.3. The van der Waals surface area contributed by atoms with Crippen LogP contribution in [0, 0.1) is 5.92 Å². The summed E-state index contributed by atoms with van der Waals surface area (Å²) >= 11 is 0. The summed E-state index contributed by atoms with van der Waals surface area (Å²) in [7, 11) is 0. The predicted molar refractivity (Wildman–Crippen MR) is 53.7 cm³/mol. The van der Waals surface area contributed by atoms with E-state index in [1.165, 1.54) is 0 Å². The average Bonchev–Trinajstić information content (AvgIpc) is 2.54. The Kier molecular flexibility index (Phi) is 4.86. The molecule has 0 aromatic heterocycles. The normalized spacial score (nSPS) is 22.0. The first kappa shape index (κ1) is 11.4. The summed E-state index contributed by atoms with van der Waals surface area (Å²) in [4.78, 5) is 13.2. The molecule has 14 heavy (non-hydrogen) atoms. The molecule has 1 unspecified atom stereocenters. The lowest BCUT2D eigenvalue weighted by Crippen LogP contribution is -2.34. The van der Waals surface area contributed by atoms with Gasteiger partial charge in [0.2, 0.25) is 5.91 Å².